The van der Waals surface area contributed by atoms with Crippen LogP contribution in [0.3, 0.4) is 0 Å². The van der Waals surface area contributed by atoms with Crippen LogP contribution in [0.1, 0.15) is 17.3 Å². The second kappa shape index (κ2) is 5.67. The molecule has 1 heterocycles. The molecule has 0 unspecified atom stereocenters. The van der Waals surface area contributed by atoms with Crippen LogP contribution in [0.2, 0.25) is 5.15 Å². The highest BCUT2D eigenvalue weighted by atomic mass is 35.5. The van der Waals surface area contributed by atoms with Gasteiger partial charge in [0.05, 0.1) is 6.61 Å². The Bertz CT molecular complexity index is 364. The number of carbonyl (C=O) groups excluding carboxylic acids is 1. The number of pyridine rings is 1. The van der Waals surface area contributed by atoms with Gasteiger partial charge in [0.1, 0.15) is 11.0 Å². The summed E-state index contributed by atoms with van der Waals surface area (Å²) in [5.74, 6) is -0.0107. The second-order valence-electron chi connectivity index (χ2n) is 3.21. The topological polar surface area (TPSA) is 79.5 Å². The molecule has 0 radical (unpaired) electrons. The number of aliphatic hydroxyl groups is 1. The first-order valence-corrected chi connectivity index (χ1v) is 5.29. The van der Waals surface area contributed by atoms with E-state index in [9.17, 15) is 4.79 Å². The van der Waals surface area contributed by atoms with Crippen molar-refractivity contribution in [3.8, 4) is 0 Å². The van der Waals surface area contributed by atoms with E-state index in [0.717, 1.165) is 0 Å². The summed E-state index contributed by atoms with van der Waals surface area (Å²) in [6, 6.07) is 2.93. The summed E-state index contributed by atoms with van der Waals surface area (Å²) in [4.78, 5) is 17.2. The third-order valence-electron chi connectivity index (χ3n) is 2.10. The zero-order chi connectivity index (χ0) is 12.1. The number of amides is 1. The Hall–Kier alpha value is -1.33. The molecule has 1 amide bonds. The van der Waals surface area contributed by atoms with E-state index in [2.05, 4.69) is 4.98 Å². The van der Waals surface area contributed by atoms with Gasteiger partial charge in [-0.05, 0) is 19.1 Å². The van der Waals surface area contributed by atoms with E-state index >= 15 is 0 Å². The molecule has 0 spiro atoms. The zero-order valence-corrected chi connectivity index (χ0v) is 9.74. The monoisotopic (exact) mass is 243 g/mol. The Balaban J connectivity index is 2.94. The van der Waals surface area contributed by atoms with Crippen LogP contribution in [0.15, 0.2) is 12.1 Å². The number of nitrogens with zero attached hydrogens (tertiary/aromatic N) is 2. The van der Waals surface area contributed by atoms with Gasteiger partial charge in [0.25, 0.3) is 5.91 Å². The van der Waals surface area contributed by atoms with Crippen LogP contribution >= 0.6 is 11.6 Å². The second-order valence-corrected chi connectivity index (χ2v) is 3.60. The number of rotatable bonds is 4. The first-order valence-electron chi connectivity index (χ1n) is 4.91. The van der Waals surface area contributed by atoms with E-state index in [1.165, 1.54) is 17.0 Å². The largest absolute Gasteiger partial charge is 0.395 e. The lowest BCUT2D eigenvalue weighted by molar-refractivity contribution is 0.0732. The van der Waals surface area contributed by atoms with Crippen molar-refractivity contribution in [2.45, 2.75) is 6.92 Å². The Morgan fingerprint density at radius 2 is 2.31 bits per heavy atom. The average Bonchev–Trinajstić information content (AvgIpc) is 2.23. The van der Waals surface area contributed by atoms with Crippen molar-refractivity contribution in [2.24, 2.45) is 0 Å². The standard InChI is InChI=1S/C10H14ClN3O2/c1-2-14(3-4-15)10(16)7-5-8(11)13-9(12)6-7/h5-6,15H,2-4H2,1H3,(H2,12,13). The summed E-state index contributed by atoms with van der Waals surface area (Å²) in [6.07, 6.45) is 0. The van der Waals surface area contributed by atoms with Crippen molar-refractivity contribution >= 4 is 23.3 Å². The third-order valence-corrected chi connectivity index (χ3v) is 2.29. The number of halogens is 1. The minimum absolute atomic E-state index is 0.0755. The minimum atomic E-state index is -0.215. The summed E-state index contributed by atoms with van der Waals surface area (Å²) >= 11 is 5.71. The number of carbonyl (C=O) groups is 1. The predicted octanol–water partition coefficient (Wildman–Crippen LogP) is 0.772. The van der Waals surface area contributed by atoms with E-state index in [1.807, 2.05) is 6.92 Å². The summed E-state index contributed by atoms with van der Waals surface area (Å²) in [5.41, 5.74) is 5.88. The molecule has 3 N–H and O–H groups in total. The van der Waals surface area contributed by atoms with Crippen LogP contribution in [0.25, 0.3) is 0 Å². The number of hydrogen-bond acceptors (Lipinski definition) is 4. The summed E-state index contributed by atoms with van der Waals surface area (Å²) in [6.45, 7) is 2.56. The lowest BCUT2D eigenvalue weighted by atomic mass is 10.2. The normalized spacial score (nSPS) is 10.2. The molecular weight excluding hydrogens is 230 g/mol. The molecular formula is C10H14ClN3O2. The summed E-state index contributed by atoms with van der Waals surface area (Å²) < 4.78 is 0. The van der Waals surface area contributed by atoms with Gasteiger partial charge in [0.15, 0.2) is 0 Å². The van der Waals surface area contributed by atoms with E-state index in [1.54, 1.807) is 0 Å². The number of hydrogen-bond donors (Lipinski definition) is 2. The van der Waals surface area contributed by atoms with Crippen molar-refractivity contribution in [3.63, 3.8) is 0 Å². The number of anilines is 1. The SMILES string of the molecule is CCN(CCO)C(=O)c1cc(N)nc(Cl)c1. The molecule has 0 atom stereocenters. The van der Waals surface area contributed by atoms with Gasteiger partial charge in [-0.2, -0.15) is 0 Å². The highest BCUT2D eigenvalue weighted by molar-refractivity contribution is 6.29. The van der Waals surface area contributed by atoms with Gasteiger partial charge in [0, 0.05) is 18.7 Å². The molecule has 0 saturated heterocycles. The highest BCUT2D eigenvalue weighted by Gasteiger charge is 2.14. The molecule has 1 rings (SSSR count). The molecule has 0 bridgehead atoms. The third kappa shape index (κ3) is 3.08. The fourth-order valence-electron chi connectivity index (χ4n) is 1.35. The van der Waals surface area contributed by atoms with Crippen molar-refractivity contribution in [3.05, 3.63) is 22.8 Å². The minimum Gasteiger partial charge on any atom is -0.395 e. The maximum Gasteiger partial charge on any atom is 0.254 e. The van der Waals surface area contributed by atoms with Gasteiger partial charge in [-0.25, -0.2) is 4.98 Å². The first kappa shape index (κ1) is 12.7. The fourth-order valence-corrected chi connectivity index (χ4v) is 1.56. The van der Waals surface area contributed by atoms with E-state index in [-0.39, 0.29) is 30.0 Å². The predicted molar refractivity (Wildman–Crippen MR) is 62.3 cm³/mol. The van der Waals surface area contributed by atoms with Crippen molar-refractivity contribution in [1.29, 1.82) is 0 Å². The number of aliphatic hydroxyl groups excluding tert-OH is 1. The number of aromatic nitrogens is 1. The molecule has 0 aromatic carbocycles. The highest BCUT2D eigenvalue weighted by Crippen LogP contribution is 2.14. The smallest absolute Gasteiger partial charge is 0.254 e. The molecule has 0 saturated carbocycles. The molecule has 5 nitrogen and oxygen atoms in total. The van der Waals surface area contributed by atoms with Crippen molar-refractivity contribution in [1.82, 2.24) is 9.88 Å². The zero-order valence-electron chi connectivity index (χ0n) is 8.98. The van der Waals surface area contributed by atoms with E-state index in [0.29, 0.717) is 12.1 Å². The van der Waals surface area contributed by atoms with Crippen LogP contribution in [-0.4, -0.2) is 40.6 Å². The lowest BCUT2D eigenvalue weighted by Gasteiger charge is -2.19. The fraction of sp³-hybridized carbons (Fsp3) is 0.400. The number of nitrogens with two attached hydrogens (primary N) is 1. The molecule has 88 valence electrons. The molecule has 1 aromatic heterocycles. The van der Waals surface area contributed by atoms with Crippen LogP contribution in [0, 0.1) is 0 Å². The molecule has 6 heteroatoms. The van der Waals surface area contributed by atoms with Gasteiger partial charge < -0.3 is 15.7 Å². The van der Waals surface area contributed by atoms with E-state index < -0.39 is 0 Å². The molecule has 0 aliphatic heterocycles. The molecule has 0 aliphatic carbocycles. The van der Waals surface area contributed by atoms with Gasteiger partial charge in [0.2, 0.25) is 0 Å². The molecule has 0 aliphatic rings. The lowest BCUT2D eigenvalue weighted by Crippen LogP contribution is -2.33. The Labute approximate surface area is 98.8 Å². The van der Waals surface area contributed by atoms with Crippen LogP contribution in [0.5, 0.6) is 0 Å². The number of nitrogen functional groups attached to an aromatic ring is 1. The molecule has 0 fully saturated rings. The van der Waals surface area contributed by atoms with Gasteiger partial charge in [-0.3, -0.25) is 4.79 Å². The van der Waals surface area contributed by atoms with Crippen molar-refractivity contribution < 1.29 is 9.90 Å². The Morgan fingerprint density at radius 1 is 1.62 bits per heavy atom. The first-order chi connectivity index (χ1) is 7.58. The average molecular weight is 244 g/mol. The maximum absolute atomic E-state index is 11.9. The summed E-state index contributed by atoms with van der Waals surface area (Å²) in [5, 5.41) is 9.00. The molecule has 1 aromatic rings. The maximum atomic E-state index is 11.9. The Morgan fingerprint density at radius 3 is 2.81 bits per heavy atom. The Kier molecular flexibility index (Phi) is 4.52. The van der Waals surface area contributed by atoms with Gasteiger partial charge in [-0.1, -0.05) is 11.6 Å². The number of likely N-dealkylation sites (N-methyl/N-ethyl adjacent to an activating group) is 1. The van der Waals surface area contributed by atoms with Gasteiger partial charge in [-0.15, -0.1) is 0 Å². The van der Waals surface area contributed by atoms with Crippen LogP contribution in [-0.2, 0) is 0 Å². The quantitative estimate of drug-likeness (QED) is 0.766. The van der Waals surface area contributed by atoms with Crippen LogP contribution < -0.4 is 5.73 Å². The van der Waals surface area contributed by atoms with Crippen molar-refractivity contribution in [2.75, 3.05) is 25.4 Å². The van der Waals surface area contributed by atoms with Crippen LogP contribution in [0.4, 0.5) is 5.82 Å². The van der Waals surface area contributed by atoms with E-state index in [4.69, 9.17) is 22.4 Å². The summed E-state index contributed by atoms with van der Waals surface area (Å²) in [7, 11) is 0. The molecule has 16 heavy (non-hydrogen) atoms. The van der Waals surface area contributed by atoms with Gasteiger partial charge >= 0.3 is 0 Å².